The van der Waals surface area contributed by atoms with Crippen LogP contribution in [0.5, 0.6) is 0 Å². The van der Waals surface area contributed by atoms with Crippen LogP contribution in [-0.2, 0) is 39.0 Å². The van der Waals surface area contributed by atoms with Crippen molar-refractivity contribution in [2.75, 3.05) is 26.4 Å². The predicted octanol–water partition coefficient (Wildman–Crippen LogP) is -0.978. The van der Waals surface area contributed by atoms with Gasteiger partial charge in [-0.05, 0) is 0 Å². The van der Waals surface area contributed by atoms with Crippen LogP contribution in [0.4, 0.5) is 0 Å². The Hall–Kier alpha value is 1.09. The van der Waals surface area contributed by atoms with Crippen LogP contribution in [0.2, 0.25) is 0 Å². The van der Waals surface area contributed by atoms with Crippen molar-refractivity contribution >= 4 is 0 Å². The van der Waals surface area contributed by atoms with E-state index >= 15 is 0 Å². The molecule has 0 N–H and O–H groups in total. The second-order valence-corrected chi connectivity index (χ2v) is 2.82. The van der Waals surface area contributed by atoms with Gasteiger partial charge in [0.15, 0.2) is 0 Å². The third-order valence-corrected chi connectivity index (χ3v) is 0.816. The van der Waals surface area contributed by atoms with Crippen LogP contribution in [0.1, 0.15) is 53.4 Å². The SMILES string of the molecule is CCC[O-].CCC[O-].CCC[O-].CCC[O-].[Zn+2].[Zn+2]. The van der Waals surface area contributed by atoms with E-state index in [1.54, 1.807) is 0 Å². The van der Waals surface area contributed by atoms with Gasteiger partial charge in [0.05, 0.1) is 0 Å². The predicted molar refractivity (Wildman–Crippen MR) is 60.6 cm³/mol. The Morgan fingerprint density at radius 1 is 0.444 bits per heavy atom. The molecule has 0 aromatic carbocycles. The minimum absolute atomic E-state index is 0. The summed E-state index contributed by atoms with van der Waals surface area (Å²) in [5.41, 5.74) is 0. The van der Waals surface area contributed by atoms with E-state index in [4.69, 9.17) is 0 Å². The van der Waals surface area contributed by atoms with Gasteiger partial charge in [0.1, 0.15) is 0 Å². The Bertz CT molecular complexity index is 46.0. The van der Waals surface area contributed by atoms with E-state index in [0.29, 0.717) is 0 Å². The molecular formula is C12H28O4Zn2. The molecule has 0 saturated heterocycles. The first kappa shape index (κ1) is 36.5. The maximum atomic E-state index is 9.30. The number of hydrogen-bond acceptors (Lipinski definition) is 4. The van der Waals surface area contributed by atoms with Gasteiger partial charge in [0, 0.05) is 0 Å². The van der Waals surface area contributed by atoms with Crippen LogP contribution in [-0.4, -0.2) is 26.4 Å². The summed E-state index contributed by atoms with van der Waals surface area (Å²) in [5, 5.41) is 37.2. The minimum Gasteiger partial charge on any atom is -0.854 e. The maximum absolute atomic E-state index is 9.30. The monoisotopic (exact) mass is 364 g/mol. The molecule has 0 aliphatic heterocycles. The van der Waals surface area contributed by atoms with E-state index in [1.165, 1.54) is 0 Å². The molecule has 18 heavy (non-hydrogen) atoms. The van der Waals surface area contributed by atoms with E-state index in [0.717, 1.165) is 25.7 Å². The molecule has 0 aromatic rings. The average molecular weight is 367 g/mol. The van der Waals surface area contributed by atoms with Crippen LogP contribution in [0.3, 0.4) is 0 Å². The molecule has 0 fully saturated rings. The fourth-order valence-corrected chi connectivity index (χ4v) is 0. The Labute approximate surface area is 139 Å². The Kier molecular flexibility index (Phi) is 130. The molecule has 0 spiro atoms. The molecule has 4 nitrogen and oxygen atoms in total. The second-order valence-electron chi connectivity index (χ2n) is 2.82. The topological polar surface area (TPSA) is 92.2 Å². The molecule has 0 heterocycles. The van der Waals surface area contributed by atoms with Gasteiger partial charge in [0.25, 0.3) is 0 Å². The van der Waals surface area contributed by atoms with Gasteiger partial charge in [-0.3, -0.25) is 0 Å². The third-order valence-electron chi connectivity index (χ3n) is 0.816. The van der Waals surface area contributed by atoms with Crippen LogP contribution in [0.25, 0.3) is 0 Å². The second kappa shape index (κ2) is 64.0. The summed E-state index contributed by atoms with van der Waals surface area (Å²) < 4.78 is 0. The average Bonchev–Trinajstić information content (AvgIpc) is 2.39. The van der Waals surface area contributed by atoms with Gasteiger partial charge in [0.2, 0.25) is 0 Å². The van der Waals surface area contributed by atoms with E-state index in [-0.39, 0.29) is 65.4 Å². The smallest absolute Gasteiger partial charge is 0.854 e. The summed E-state index contributed by atoms with van der Waals surface area (Å²) in [6.07, 6.45) is 3.06. The van der Waals surface area contributed by atoms with Crippen molar-refractivity contribution in [2.24, 2.45) is 0 Å². The van der Waals surface area contributed by atoms with Crippen molar-refractivity contribution in [3.05, 3.63) is 0 Å². The fraction of sp³-hybridized carbons (Fsp3) is 1.00. The van der Waals surface area contributed by atoms with Crippen molar-refractivity contribution < 1.29 is 59.4 Å². The van der Waals surface area contributed by atoms with Crippen molar-refractivity contribution in [3.63, 3.8) is 0 Å². The summed E-state index contributed by atoms with van der Waals surface area (Å²) in [4.78, 5) is 0. The largest absolute Gasteiger partial charge is 2.00 e. The molecule has 0 aliphatic carbocycles. The molecular weight excluding hydrogens is 339 g/mol. The molecule has 0 rings (SSSR count). The zero-order valence-corrected chi connectivity index (χ0v) is 18.6. The van der Waals surface area contributed by atoms with Gasteiger partial charge >= 0.3 is 39.0 Å². The molecule has 0 radical (unpaired) electrons. The van der Waals surface area contributed by atoms with Crippen molar-refractivity contribution in [2.45, 2.75) is 53.4 Å². The summed E-state index contributed by atoms with van der Waals surface area (Å²) in [5.74, 6) is 0. The van der Waals surface area contributed by atoms with E-state index < -0.39 is 0 Å². The van der Waals surface area contributed by atoms with Gasteiger partial charge in [-0.1, -0.05) is 53.4 Å². The Balaban J connectivity index is -0.0000000257. The van der Waals surface area contributed by atoms with Gasteiger partial charge in [-0.2, -0.15) is 0 Å². The zero-order valence-electron chi connectivity index (χ0n) is 12.7. The zero-order chi connectivity index (χ0) is 13.7. The van der Waals surface area contributed by atoms with Crippen molar-refractivity contribution in [1.29, 1.82) is 0 Å². The van der Waals surface area contributed by atoms with Gasteiger partial charge < -0.3 is 20.4 Å². The molecule has 0 amide bonds. The molecule has 0 aromatic heterocycles. The van der Waals surface area contributed by atoms with Crippen LogP contribution in [0.15, 0.2) is 0 Å². The first-order chi connectivity index (χ1) is 7.66. The van der Waals surface area contributed by atoms with Gasteiger partial charge in [-0.15, -0.1) is 26.4 Å². The standard InChI is InChI=1S/4C3H7O.2Zn/c4*1-2-3-4;;/h4*2-3H2,1H3;;/q4*-1;2*+2. The fourth-order valence-electron chi connectivity index (χ4n) is 0. The van der Waals surface area contributed by atoms with E-state index in [1.807, 2.05) is 27.7 Å². The van der Waals surface area contributed by atoms with Crippen LogP contribution >= 0.6 is 0 Å². The number of rotatable bonds is 4. The first-order valence-corrected chi connectivity index (χ1v) is 5.98. The summed E-state index contributed by atoms with van der Waals surface area (Å²) in [6.45, 7) is 7.75. The van der Waals surface area contributed by atoms with Crippen LogP contribution in [0, 0.1) is 0 Å². The number of hydrogen-bond donors (Lipinski definition) is 0. The summed E-state index contributed by atoms with van der Waals surface area (Å²) >= 11 is 0. The molecule has 0 bridgehead atoms. The van der Waals surface area contributed by atoms with Crippen LogP contribution < -0.4 is 20.4 Å². The maximum Gasteiger partial charge on any atom is 2.00 e. The third kappa shape index (κ3) is 171. The molecule has 0 unspecified atom stereocenters. The molecule has 0 atom stereocenters. The molecule has 104 valence electrons. The first-order valence-electron chi connectivity index (χ1n) is 5.98. The normalized spacial score (nSPS) is 6.67. The Morgan fingerprint density at radius 2 is 0.500 bits per heavy atom. The summed E-state index contributed by atoms with van der Waals surface area (Å²) in [6, 6.07) is 0. The molecule has 0 saturated carbocycles. The Morgan fingerprint density at radius 3 is 0.500 bits per heavy atom. The van der Waals surface area contributed by atoms with E-state index in [2.05, 4.69) is 0 Å². The van der Waals surface area contributed by atoms with Crippen molar-refractivity contribution in [3.8, 4) is 0 Å². The minimum atomic E-state index is 0. The van der Waals surface area contributed by atoms with Crippen molar-refractivity contribution in [1.82, 2.24) is 0 Å². The van der Waals surface area contributed by atoms with Gasteiger partial charge in [-0.25, -0.2) is 0 Å². The summed E-state index contributed by atoms with van der Waals surface area (Å²) in [7, 11) is 0. The quantitative estimate of drug-likeness (QED) is 0.598. The molecule has 6 heteroatoms. The van der Waals surface area contributed by atoms with E-state index in [9.17, 15) is 20.4 Å². The molecule has 0 aliphatic rings.